The molecule has 1 unspecified atom stereocenters. The second-order valence-corrected chi connectivity index (χ2v) is 3.76. The lowest BCUT2D eigenvalue weighted by Gasteiger charge is -2.16. The van der Waals surface area contributed by atoms with Crippen LogP contribution in [0.5, 0.6) is 5.75 Å². The van der Waals surface area contributed by atoms with Crippen LogP contribution in [0.3, 0.4) is 0 Å². The van der Waals surface area contributed by atoms with E-state index < -0.39 is 0 Å². The molecule has 0 aliphatic rings. The lowest BCUT2D eigenvalue weighted by atomic mass is 10.1. The third kappa shape index (κ3) is 3.90. The largest absolute Gasteiger partial charge is 0.497 e. The number of hydrogen-bond acceptors (Lipinski definition) is 3. The fourth-order valence-corrected chi connectivity index (χ4v) is 1.38. The van der Waals surface area contributed by atoms with E-state index in [-0.39, 0.29) is 12.1 Å². The fraction of sp³-hybridized carbons (Fsp3) is 0.500. The van der Waals surface area contributed by atoms with Gasteiger partial charge in [0.2, 0.25) is 0 Å². The average Bonchev–Trinajstić information content (AvgIpc) is 2.26. The summed E-state index contributed by atoms with van der Waals surface area (Å²) < 4.78 is 5.15. The SMILES string of the molecule is COc1cccc([C@H](C)NCC(C)O)c1. The summed E-state index contributed by atoms with van der Waals surface area (Å²) in [5, 5.41) is 12.4. The van der Waals surface area contributed by atoms with Gasteiger partial charge in [0.1, 0.15) is 5.75 Å². The minimum Gasteiger partial charge on any atom is -0.497 e. The van der Waals surface area contributed by atoms with Crippen molar-refractivity contribution in [2.24, 2.45) is 0 Å². The Hall–Kier alpha value is -1.06. The molecule has 0 aliphatic carbocycles. The van der Waals surface area contributed by atoms with E-state index >= 15 is 0 Å². The van der Waals surface area contributed by atoms with Crippen LogP contribution in [0.25, 0.3) is 0 Å². The Morgan fingerprint density at radius 3 is 2.73 bits per heavy atom. The van der Waals surface area contributed by atoms with Gasteiger partial charge in [0.05, 0.1) is 13.2 Å². The minimum atomic E-state index is -0.321. The van der Waals surface area contributed by atoms with Gasteiger partial charge >= 0.3 is 0 Å². The molecule has 0 aliphatic heterocycles. The first-order valence-electron chi connectivity index (χ1n) is 5.19. The monoisotopic (exact) mass is 209 g/mol. The first kappa shape index (κ1) is 12.0. The highest BCUT2D eigenvalue weighted by Crippen LogP contribution is 2.18. The number of nitrogens with one attached hydrogen (secondary N) is 1. The van der Waals surface area contributed by atoms with Gasteiger partial charge in [-0.3, -0.25) is 0 Å². The molecule has 0 fully saturated rings. The van der Waals surface area contributed by atoms with E-state index in [1.807, 2.05) is 24.3 Å². The fourth-order valence-electron chi connectivity index (χ4n) is 1.38. The molecule has 0 aromatic heterocycles. The summed E-state index contributed by atoms with van der Waals surface area (Å²) in [6.45, 7) is 4.43. The van der Waals surface area contributed by atoms with Gasteiger partial charge in [0.25, 0.3) is 0 Å². The predicted octanol–water partition coefficient (Wildman–Crippen LogP) is 1.73. The molecule has 0 heterocycles. The van der Waals surface area contributed by atoms with E-state index in [9.17, 15) is 0 Å². The number of hydrogen-bond donors (Lipinski definition) is 2. The molecule has 0 spiro atoms. The van der Waals surface area contributed by atoms with Crippen molar-refractivity contribution >= 4 is 0 Å². The van der Waals surface area contributed by atoms with Gasteiger partial charge in [-0.2, -0.15) is 0 Å². The highest BCUT2D eigenvalue weighted by atomic mass is 16.5. The van der Waals surface area contributed by atoms with E-state index in [1.54, 1.807) is 14.0 Å². The van der Waals surface area contributed by atoms with E-state index in [1.165, 1.54) is 0 Å². The summed E-state index contributed by atoms with van der Waals surface area (Å²) in [6.07, 6.45) is -0.321. The zero-order valence-corrected chi connectivity index (χ0v) is 9.53. The van der Waals surface area contributed by atoms with Crippen molar-refractivity contribution in [3.05, 3.63) is 29.8 Å². The molecule has 3 nitrogen and oxygen atoms in total. The van der Waals surface area contributed by atoms with E-state index in [0.717, 1.165) is 11.3 Å². The Bertz CT molecular complexity index is 299. The molecular weight excluding hydrogens is 190 g/mol. The summed E-state index contributed by atoms with van der Waals surface area (Å²) in [7, 11) is 1.66. The summed E-state index contributed by atoms with van der Waals surface area (Å²) in [4.78, 5) is 0. The third-order valence-corrected chi connectivity index (χ3v) is 2.31. The van der Waals surface area contributed by atoms with Gasteiger partial charge in [0.15, 0.2) is 0 Å². The van der Waals surface area contributed by atoms with Crippen molar-refractivity contribution < 1.29 is 9.84 Å². The number of aliphatic hydroxyl groups is 1. The number of benzene rings is 1. The summed E-state index contributed by atoms with van der Waals surface area (Å²) >= 11 is 0. The van der Waals surface area contributed by atoms with Gasteiger partial charge < -0.3 is 15.2 Å². The zero-order valence-electron chi connectivity index (χ0n) is 9.53. The molecule has 2 atom stereocenters. The number of aliphatic hydroxyl groups excluding tert-OH is 1. The lowest BCUT2D eigenvalue weighted by molar-refractivity contribution is 0.187. The first-order chi connectivity index (χ1) is 7.13. The summed E-state index contributed by atoms with van der Waals surface area (Å²) in [6, 6.07) is 8.15. The van der Waals surface area contributed by atoms with Crippen LogP contribution in [0.2, 0.25) is 0 Å². The number of rotatable bonds is 5. The van der Waals surface area contributed by atoms with Gasteiger partial charge in [0, 0.05) is 12.6 Å². The van der Waals surface area contributed by atoms with E-state index in [4.69, 9.17) is 9.84 Å². The third-order valence-electron chi connectivity index (χ3n) is 2.31. The van der Waals surface area contributed by atoms with Crippen molar-refractivity contribution in [1.82, 2.24) is 5.32 Å². The van der Waals surface area contributed by atoms with Crippen molar-refractivity contribution in [1.29, 1.82) is 0 Å². The van der Waals surface area contributed by atoms with Gasteiger partial charge in [-0.15, -0.1) is 0 Å². The maximum absolute atomic E-state index is 9.16. The maximum Gasteiger partial charge on any atom is 0.119 e. The van der Waals surface area contributed by atoms with Crippen LogP contribution in [0, 0.1) is 0 Å². The summed E-state index contributed by atoms with van der Waals surface area (Å²) in [5.41, 5.74) is 1.16. The van der Waals surface area contributed by atoms with Gasteiger partial charge in [-0.05, 0) is 31.5 Å². The molecule has 0 amide bonds. The van der Waals surface area contributed by atoms with E-state index in [2.05, 4.69) is 12.2 Å². The molecule has 0 saturated carbocycles. The minimum absolute atomic E-state index is 0.217. The first-order valence-corrected chi connectivity index (χ1v) is 5.19. The van der Waals surface area contributed by atoms with Crippen molar-refractivity contribution in [3.8, 4) is 5.75 Å². The molecule has 0 saturated heterocycles. The van der Waals surface area contributed by atoms with Crippen LogP contribution in [0.15, 0.2) is 24.3 Å². The van der Waals surface area contributed by atoms with Crippen LogP contribution < -0.4 is 10.1 Å². The molecule has 84 valence electrons. The molecule has 1 aromatic carbocycles. The van der Waals surface area contributed by atoms with Crippen LogP contribution >= 0.6 is 0 Å². The Labute approximate surface area is 91.1 Å². The Kier molecular flexibility index (Phi) is 4.59. The quantitative estimate of drug-likeness (QED) is 0.776. The Balaban J connectivity index is 2.60. The Morgan fingerprint density at radius 1 is 1.40 bits per heavy atom. The molecule has 1 aromatic rings. The number of methoxy groups -OCH3 is 1. The molecule has 1 rings (SSSR count). The van der Waals surface area contributed by atoms with Crippen LogP contribution in [-0.2, 0) is 0 Å². The molecule has 0 bridgehead atoms. The molecule has 2 N–H and O–H groups in total. The highest BCUT2D eigenvalue weighted by Gasteiger charge is 2.06. The molecule has 15 heavy (non-hydrogen) atoms. The van der Waals surface area contributed by atoms with Crippen molar-refractivity contribution in [2.45, 2.75) is 26.0 Å². The Morgan fingerprint density at radius 2 is 2.13 bits per heavy atom. The highest BCUT2D eigenvalue weighted by molar-refractivity contribution is 5.30. The molecule has 0 radical (unpaired) electrons. The average molecular weight is 209 g/mol. The zero-order chi connectivity index (χ0) is 11.3. The lowest BCUT2D eigenvalue weighted by Crippen LogP contribution is -2.27. The smallest absolute Gasteiger partial charge is 0.119 e. The topological polar surface area (TPSA) is 41.5 Å². The second kappa shape index (κ2) is 5.73. The van der Waals surface area contributed by atoms with Gasteiger partial charge in [-0.25, -0.2) is 0 Å². The standard InChI is InChI=1S/C12H19NO2/c1-9(14)8-13-10(2)11-5-4-6-12(7-11)15-3/h4-7,9-10,13-14H,8H2,1-3H3/t9?,10-/m0/s1. The second-order valence-electron chi connectivity index (χ2n) is 3.76. The number of ether oxygens (including phenoxy) is 1. The predicted molar refractivity (Wildman–Crippen MR) is 61.1 cm³/mol. The maximum atomic E-state index is 9.16. The molecular formula is C12H19NO2. The van der Waals surface area contributed by atoms with Crippen LogP contribution in [0.1, 0.15) is 25.5 Å². The summed E-state index contributed by atoms with van der Waals surface area (Å²) in [5.74, 6) is 0.859. The van der Waals surface area contributed by atoms with Crippen LogP contribution in [0.4, 0.5) is 0 Å². The van der Waals surface area contributed by atoms with Crippen LogP contribution in [-0.4, -0.2) is 24.9 Å². The van der Waals surface area contributed by atoms with E-state index in [0.29, 0.717) is 6.54 Å². The van der Waals surface area contributed by atoms with Crippen molar-refractivity contribution in [2.75, 3.05) is 13.7 Å². The normalized spacial score (nSPS) is 14.7. The molecule has 3 heteroatoms. The van der Waals surface area contributed by atoms with Crippen molar-refractivity contribution in [3.63, 3.8) is 0 Å². The van der Waals surface area contributed by atoms with Gasteiger partial charge in [-0.1, -0.05) is 12.1 Å².